The maximum absolute atomic E-state index is 13.3. The highest BCUT2D eigenvalue weighted by Crippen LogP contribution is 2.33. The van der Waals surface area contributed by atoms with Crippen molar-refractivity contribution in [2.75, 3.05) is 7.11 Å². The lowest BCUT2D eigenvalue weighted by Crippen LogP contribution is -2.41. The van der Waals surface area contributed by atoms with Crippen LogP contribution in [-0.2, 0) is 13.1 Å². The number of aryl methyl sites for hydroxylation is 2. The molecule has 1 N–H and O–H groups in total. The summed E-state index contributed by atoms with van der Waals surface area (Å²) in [7, 11) is 1.67. The van der Waals surface area contributed by atoms with E-state index in [4.69, 9.17) is 4.74 Å². The first kappa shape index (κ1) is 26.1. The van der Waals surface area contributed by atoms with Crippen LogP contribution in [-0.4, -0.2) is 43.2 Å². The number of aromatic nitrogens is 5. The highest BCUT2D eigenvalue weighted by Gasteiger charge is 2.32. The number of aromatic amines is 1. The maximum atomic E-state index is 13.3. The van der Waals surface area contributed by atoms with Crippen molar-refractivity contribution in [3.63, 3.8) is 0 Å². The first-order valence-corrected chi connectivity index (χ1v) is 13.7. The number of nitrogens with one attached hydrogen (secondary N) is 1. The molecule has 8 heteroatoms. The molecule has 0 amide bonds. The molecule has 1 atom stereocenters. The van der Waals surface area contributed by atoms with E-state index < -0.39 is 0 Å². The molecule has 0 saturated heterocycles. The van der Waals surface area contributed by atoms with Gasteiger partial charge in [-0.3, -0.25) is 9.69 Å². The van der Waals surface area contributed by atoms with Crippen LogP contribution in [0.2, 0.25) is 0 Å². The monoisotopic (exact) mass is 514 g/mol. The molecule has 8 nitrogen and oxygen atoms in total. The second kappa shape index (κ2) is 11.5. The highest BCUT2D eigenvalue weighted by molar-refractivity contribution is 5.83. The molecule has 2 aromatic carbocycles. The van der Waals surface area contributed by atoms with E-state index in [2.05, 4.69) is 64.4 Å². The fourth-order valence-electron chi connectivity index (χ4n) is 5.97. The summed E-state index contributed by atoms with van der Waals surface area (Å²) < 4.78 is 7.21. The predicted molar refractivity (Wildman–Crippen MR) is 149 cm³/mol. The van der Waals surface area contributed by atoms with Gasteiger partial charge in [-0.1, -0.05) is 44.4 Å². The van der Waals surface area contributed by atoms with Crippen LogP contribution in [0, 0.1) is 13.8 Å². The molecule has 0 radical (unpaired) electrons. The molecule has 5 rings (SSSR count). The molecule has 38 heavy (non-hydrogen) atoms. The van der Waals surface area contributed by atoms with Crippen molar-refractivity contribution in [2.45, 2.75) is 84.5 Å². The van der Waals surface area contributed by atoms with Gasteiger partial charge >= 0.3 is 0 Å². The van der Waals surface area contributed by atoms with Crippen LogP contribution < -0.4 is 10.3 Å². The summed E-state index contributed by atoms with van der Waals surface area (Å²) in [5.41, 5.74) is 5.11. The Balaban J connectivity index is 1.50. The smallest absolute Gasteiger partial charge is 0.252 e. The van der Waals surface area contributed by atoms with Crippen LogP contribution in [0.25, 0.3) is 10.9 Å². The predicted octanol–water partition coefficient (Wildman–Crippen LogP) is 5.47. The fourth-order valence-corrected chi connectivity index (χ4v) is 5.97. The summed E-state index contributed by atoms with van der Waals surface area (Å²) in [5.74, 6) is 1.67. The average molecular weight is 515 g/mol. The molecule has 4 aromatic rings. The summed E-state index contributed by atoms with van der Waals surface area (Å²) in [6.07, 6.45) is 6.79. The van der Waals surface area contributed by atoms with Gasteiger partial charge in [0.15, 0.2) is 5.82 Å². The van der Waals surface area contributed by atoms with Crippen molar-refractivity contribution >= 4 is 10.9 Å². The second-order valence-corrected chi connectivity index (χ2v) is 10.6. The lowest BCUT2D eigenvalue weighted by molar-refractivity contribution is 0.0844. The van der Waals surface area contributed by atoms with Gasteiger partial charge in [0.05, 0.1) is 19.7 Å². The lowest BCUT2D eigenvalue weighted by atomic mass is 9.92. The largest absolute Gasteiger partial charge is 0.497 e. The minimum atomic E-state index is -0.0176. The van der Waals surface area contributed by atoms with E-state index in [1.807, 2.05) is 28.9 Å². The maximum Gasteiger partial charge on any atom is 0.252 e. The van der Waals surface area contributed by atoms with Gasteiger partial charge in [-0.05, 0) is 84.5 Å². The Morgan fingerprint density at radius 3 is 2.58 bits per heavy atom. The number of methoxy groups -OCH3 is 1. The quantitative estimate of drug-likeness (QED) is 0.318. The van der Waals surface area contributed by atoms with E-state index in [-0.39, 0.29) is 11.6 Å². The molecule has 1 unspecified atom stereocenters. The van der Waals surface area contributed by atoms with Crippen molar-refractivity contribution in [3.8, 4) is 5.75 Å². The molecule has 1 saturated carbocycles. The van der Waals surface area contributed by atoms with Crippen LogP contribution in [0.15, 0.2) is 47.3 Å². The number of rotatable bonds is 9. The Morgan fingerprint density at radius 2 is 1.87 bits per heavy atom. The molecule has 2 heterocycles. The third-order valence-corrected chi connectivity index (χ3v) is 7.92. The zero-order valence-electron chi connectivity index (χ0n) is 22.9. The van der Waals surface area contributed by atoms with E-state index in [1.54, 1.807) is 7.11 Å². The van der Waals surface area contributed by atoms with Crippen molar-refractivity contribution < 1.29 is 4.74 Å². The molecule has 0 bridgehead atoms. The highest BCUT2D eigenvalue weighted by atomic mass is 16.5. The van der Waals surface area contributed by atoms with Gasteiger partial charge in [-0.2, -0.15) is 0 Å². The van der Waals surface area contributed by atoms with Gasteiger partial charge in [0.25, 0.3) is 5.56 Å². The molecular formula is C30H38N6O2. The van der Waals surface area contributed by atoms with Gasteiger partial charge < -0.3 is 9.72 Å². The van der Waals surface area contributed by atoms with Crippen molar-refractivity contribution in [1.29, 1.82) is 0 Å². The van der Waals surface area contributed by atoms with Gasteiger partial charge in [-0.15, -0.1) is 5.10 Å². The summed E-state index contributed by atoms with van der Waals surface area (Å²) >= 11 is 0. The normalized spacial score (nSPS) is 15.3. The van der Waals surface area contributed by atoms with Crippen molar-refractivity contribution in [1.82, 2.24) is 30.1 Å². The Labute approximate surface area is 224 Å². The number of tetrazole rings is 1. The Bertz CT molecular complexity index is 1440. The number of ether oxygens (including phenoxy) is 1. The molecule has 1 aliphatic rings. The summed E-state index contributed by atoms with van der Waals surface area (Å²) in [4.78, 5) is 18.9. The van der Waals surface area contributed by atoms with Gasteiger partial charge in [0.1, 0.15) is 5.75 Å². The Hall–Kier alpha value is -3.52. The van der Waals surface area contributed by atoms with Crippen molar-refractivity contribution in [3.05, 3.63) is 80.9 Å². The SMILES string of the molecule is CCC(c1nnnn1Cc1ccc(OC)cc1)N(Cc1cc2c(C)cc(C)cc2[nH]c1=O)C1CCCCC1. The van der Waals surface area contributed by atoms with E-state index in [9.17, 15) is 4.79 Å². The average Bonchev–Trinajstić information content (AvgIpc) is 3.37. The number of benzene rings is 2. The van der Waals surface area contributed by atoms with Crippen LogP contribution >= 0.6 is 0 Å². The molecule has 200 valence electrons. The first-order chi connectivity index (χ1) is 18.5. The third-order valence-electron chi connectivity index (χ3n) is 7.92. The van der Waals surface area contributed by atoms with E-state index >= 15 is 0 Å². The second-order valence-electron chi connectivity index (χ2n) is 10.6. The van der Waals surface area contributed by atoms with Gasteiger partial charge in [0.2, 0.25) is 0 Å². The Kier molecular flexibility index (Phi) is 7.88. The molecular weight excluding hydrogens is 476 g/mol. The zero-order chi connectivity index (χ0) is 26.6. The molecule has 1 fully saturated rings. The minimum Gasteiger partial charge on any atom is -0.497 e. The fraction of sp³-hybridized carbons (Fsp3) is 0.467. The number of pyridine rings is 1. The van der Waals surface area contributed by atoms with Crippen LogP contribution in [0.4, 0.5) is 0 Å². The van der Waals surface area contributed by atoms with Crippen LogP contribution in [0.1, 0.15) is 79.6 Å². The molecule has 0 aliphatic heterocycles. The molecule has 0 spiro atoms. The number of fused-ring (bicyclic) bond motifs is 1. The van der Waals surface area contributed by atoms with E-state index in [0.29, 0.717) is 19.1 Å². The first-order valence-electron chi connectivity index (χ1n) is 13.7. The molecule has 1 aliphatic carbocycles. The van der Waals surface area contributed by atoms with Crippen LogP contribution in [0.5, 0.6) is 5.75 Å². The van der Waals surface area contributed by atoms with Crippen molar-refractivity contribution in [2.24, 2.45) is 0 Å². The number of hydrogen-bond acceptors (Lipinski definition) is 6. The number of nitrogens with zero attached hydrogens (tertiary/aromatic N) is 5. The standard InChI is InChI=1S/C30H38N6O2/c1-5-28(29-32-33-34-36(29)18-22-11-13-25(38-4)14-12-22)35(24-9-7-6-8-10-24)19-23-17-26-21(3)15-20(2)16-27(26)31-30(23)37/h11-17,24,28H,5-10,18-19H2,1-4H3,(H,31,37). The summed E-state index contributed by atoms with van der Waals surface area (Å²) in [6, 6.07) is 14.7. The van der Waals surface area contributed by atoms with E-state index in [1.165, 1.54) is 24.8 Å². The summed E-state index contributed by atoms with van der Waals surface area (Å²) in [6.45, 7) is 7.50. The third kappa shape index (κ3) is 5.50. The topological polar surface area (TPSA) is 88.9 Å². The zero-order valence-corrected chi connectivity index (χ0v) is 22.9. The number of H-pyrrole nitrogens is 1. The summed E-state index contributed by atoms with van der Waals surface area (Å²) in [5, 5.41) is 14.1. The van der Waals surface area contributed by atoms with Gasteiger partial charge in [-0.25, -0.2) is 4.68 Å². The minimum absolute atomic E-state index is 0.000519. The Morgan fingerprint density at radius 1 is 1.11 bits per heavy atom. The van der Waals surface area contributed by atoms with Crippen LogP contribution in [0.3, 0.4) is 0 Å². The van der Waals surface area contributed by atoms with E-state index in [0.717, 1.165) is 58.4 Å². The van der Waals surface area contributed by atoms with Gasteiger partial charge in [0, 0.05) is 29.1 Å². The number of hydrogen-bond donors (Lipinski definition) is 1. The lowest BCUT2D eigenvalue weighted by Gasteiger charge is -2.39. The molecule has 2 aromatic heterocycles.